The van der Waals surface area contributed by atoms with Crippen LogP contribution in [0, 0.1) is 6.92 Å². The normalized spacial score (nSPS) is 14.3. The number of rotatable bonds is 3. The number of nitrogens with zero attached hydrogens (tertiary/aromatic N) is 4. The van der Waals surface area contributed by atoms with E-state index in [1.165, 1.54) is 6.33 Å². The third-order valence-corrected chi connectivity index (χ3v) is 4.61. The van der Waals surface area contributed by atoms with Crippen molar-refractivity contribution in [2.75, 3.05) is 36.4 Å². The maximum Gasteiger partial charge on any atom is 0.274 e. The number of carbonyl (C=O) groups excluding carboxylic acids is 2. The van der Waals surface area contributed by atoms with E-state index in [1.807, 2.05) is 11.8 Å². The molecule has 26 heavy (non-hydrogen) atoms. The number of halogens is 1. The highest BCUT2D eigenvalue weighted by Crippen LogP contribution is 2.21. The SMILES string of the molecule is CC(=O)N1CCN(c2cc(C(=O)Nc3ccc(Cl)cc3C)ncn2)CC1. The Balaban J connectivity index is 1.71. The van der Waals surface area contributed by atoms with Gasteiger partial charge in [-0.2, -0.15) is 0 Å². The van der Waals surface area contributed by atoms with Crippen LogP contribution in [-0.2, 0) is 4.79 Å². The Bertz CT molecular complexity index is 834. The van der Waals surface area contributed by atoms with E-state index >= 15 is 0 Å². The zero-order valence-electron chi connectivity index (χ0n) is 14.7. The Kier molecular flexibility index (Phi) is 5.37. The third kappa shape index (κ3) is 4.11. The fourth-order valence-corrected chi connectivity index (χ4v) is 3.07. The zero-order chi connectivity index (χ0) is 18.7. The number of aryl methyl sites for hydroxylation is 1. The molecular formula is C18H20ClN5O2. The predicted octanol–water partition coefficient (Wildman–Crippen LogP) is 2.36. The first-order valence-corrected chi connectivity index (χ1v) is 8.72. The molecule has 136 valence electrons. The van der Waals surface area contributed by atoms with Crippen LogP contribution in [0.15, 0.2) is 30.6 Å². The van der Waals surface area contributed by atoms with Crippen molar-refractivity contribution in [2.24, 2.45) is 0 Å². The predicted molar refractivity (Wildman–Crippen MR) is 101 cm³/mol. The Morgan fingerprint density at radius 1 is 1.12 bits per heavy atom. The lowest BCUT2D eigenvalue weighted by Gasteiger charge is -2.34. The standard InChI is InChI=1S/C18H20ClN5O2/c1-12-9-14(19)3-4-15(12)22-18(26)16-10-17(21-11-20-16)24-7-5-23(6-8-24)13(2)25/h3-4,9-11H,5-8H2,1-2H3,(H,22,26). The minimum Gasteiger partial charge on any atom is -0.353 e. The first-order chi connectivity index (χ1) is 12.4. The van der Waals surface area contributed by atoms with Crippen LogP contribution in [0.1, 0.15) is 23.0 Å². The first kappa shape index (κ1) is 18.1. The number of amides is 2. The number of nitrogens with one attached hydrogen (secondary N) is 1. The monoisotopic (exact) mass is 373 g/mol. The lowest BCUT2D eigenvalue weighted by Crippen LogP contribution is -2.48. The minimum atomic E-state index is -0.304. The maximum absolute atomic E-state index is 12.5. The van der Waals surface area contributed by atoms with Crippen molar-refractivity contribution in [3.8, 4) is 0 Å². The molecule has 1 N–H and O–H groups in total. The summed E-state index contributed by atoms with van der Waals surface area (Å²) in [6.07, 6.45) is 1.39. The van der Waals surface area contributed by atoms with Crippen molar-refractivity contribution in [3.05, 3.63) is 46.9 Å². The van der Waals surface area contributed by atoms with Gasteiger partial charge in [-0.3, -0.25) is 9.59 Å². The molecule has 1 aromatic carbocycles. The van der Waals surface area contributed by atoms with E-state index in [0.717, 1.165) is 5.56 Å². The summed E-state index contributed by atoms with van der Waals surface area (Å²) in [6, 6.07) is 6.95. The largest absolute Gasteiger partial charge is 0.353 e. The number of carbonyl (C=O) groups is 2. The highest BCUT2D eigenvalue weighted by Gasteiger charge is 2.20. The van der Waals surface area contributed by atoms with Crippen molar-refractivity contribution >= 4 is 34.9 Å². The molecule has 8 heteroatoms. The molecule has 0 unspecified atom stereocenters. The topological polar surface area (TPSA) is 78.4 Å². The molecule has 0 saturated carbocycles. The summed E-state index contributed by atoms with van der Waals surface area (Å²) in [5.41, 5.74) is 1.86. The molecule has 2 heterocycles. The molecule has 1 fully saturated rings. The first-order valence-electron chi connectivity index (χ1n) is 8.34. The van der Waals surface area contributed by atoms with E-state index in [0.29, 0.717) is 48.4 Å². The molecule has 2 aromatic rings. The van der Waals surface area contributed by atoms with Crippen molar-refractivity contribution < 1.29 is 9.59 Å². The van der Waals surface area contributed by atoms with E-state index < -0.39 is 0 Å². The van der Waals surface area contributed by atoms with Gasteiger partial charge in [0, 0.05) is 49.9 Å². The molecular weight excluding hydrogens is 354 g/mol. The lowest BCUT2D eigenvalue weighted by atomic mass is 10.2. The van der Waals surface area contributed by atoms with Gasteiger partial charge in [0.25, 0.3) is 5.91 Å². The molecule has 3 rings (SSSR count). The molecule has 7 nitrogen and oxygen atoms in total. The fourth-order valence-electron chi connectivity index (χ4n) is 2.85. The van der Waals surface area contributed by atoms with E-state index in [1.54, 1.807) is 36.1 Å². The van der Waals surface area contributed by atoms with Gasteiger partial charge in [-0.15, -0.1) is 0 Å². The molecule has 1 aliphatic heterocycles. The number of benzene rings is 1. The van der Waals surface area contributed by atoms with Crippen molar-refractivity contribution in [2.45, 2.75) is 13.8 Å². The molecule has 1 aromatic heterocycles. The van der Waals surface area contributed by atoms with Crippen LogP contribution in [0.5, 0.6) is 0 Å². The van der Waals surface area contributed by atoms with E-state index in [9.17, 15) is 9.59 Å². The summed E-state index contributed by atoms with van der Waals surface area (Å²) in [6.45, 7) is 6.08. The molecule has 2 amide bonds. The van der Waals surface area contributed by atoms with Crippen LogP contribution in [0.2, 0.25) is 5.02 Å². The van der Waals surface area contributed by atoms with Gasteiger partial charge in [0.15, 0.2) is 0 Å². The number of anilines is 2. The lowest BCUT2D eigenvalue weighted by molar-refractivity contribution is -0.129. The Hall–Kier alpha value is -2.67. The van der Waals surface area contributed by atoms with Gasteiger partial charge in [-0.1, -0.05) is 11.6 Å². The smallest absolute Gasteiger partial charge is 0.274 e. The van der Waals surface area contributed by atoms with E-state index in [4.69, 9.17) is 11.6 Å². The van der Waals surface area contributed by atoms with E-state index in [2.05, 4.69) is 15.3 Å². The van der Waals surface area contributed by atoms with Gasteiger partial charge >= 0.3 is 0 Å². The summed E-state index contributed by atoms with van der Waals surface area (Å²) in [5, 5.41) is 3.47. The van der Waals surface area contributed by atoms with Crippen molar-refractivity contribution in [1.82, 2.24) is 14.9 Å². The number of piperazine rings is 1. The Morgan fingerprint density at radius 3 is 2.50 bits per heavy atom. The van der Waals surface area contributed by atoms with Crippen molar-refractivity contribution in [1.29, 1.82) is 0 Å². The molecule has 0 bridgehead atoms. The maximum atomic E-state index is 12.5. The van der Waals surface area contributed by atoms with Gasteiger partial charge in [0.1, 0.15) is 17.8 Å². The highest BCUT2D eigenvalue weighted by atomic mass is 35.5. The number of hydrogen-bond donors (Lipinski definition) is 1. The van der Waals surface area contributed by atoms with Crippen LogP contribution < -0.4 is 10.2 Å². The summed E-state index contributed by atoms with van der Waals surface area (Å²) < 4.78 is 0. The zero-order valence-corrected chi connectivity index (χ0v) is 15.5. The van der Waals surface area contributed by atoms with Crippen LogP contribution in [0.25, 0.3) is 0 Å². The van der Waals surface area contributed by atoms with Crippen molar-refractivity contribution in [3.63, 3.8) is 0 Å². The van der Waals surface area contributed by atoms with Gasteiger partial charge in [-0.25, -0.2) is 9.97 Å². The van der Waals surface area contributed by atoms with Crippen LogP contribution in [0.4, 0.5) is 11.5 Å². The molecule has 0 spiro atoms. The minimum absolute atomic E-state index is 0.0748. The molecule has 1 aliphatic rings. The quantitative estimate of drug-likeness (QED) is 0.893. The van der Waals surface area contributed by atoms with Gasteiger partial charge < -0.3 is 15.1 Å². The highest BCUT2D eigenvalue weighted by molar-refractivity contribution is 6.30. The summed E-state index contributed by atoms with van der Waals surface area (Å²) in [4.78, 5) is 36.1. The van der Waals surface area contributed by atoms with E-state index in [-0.39, 0.29) is 11.8 Å². The summed E-state index contributed by atoms with van der Waals surface area (Å²) in [7, 11) is 0. The van der Waals surface area contributed by atoms with Gasteiger partial charge in [0.05, 0.1) is 0 Å². The second-order valence-electron chi connectivity index (χ2n) is 6.17. The number of aromatic nitrogens is 2. The molecule has 0 aliphatic carbocycles. The van der Waals surface area contributed by atoms with Gasteiger partial charge in [-0.05, 0) is 30.7 Å². The average molecular weight is 374 g/mol. The van der Waals surface area contributed by atoms with Crippen LogP contribution in [-0.4, -0.2) is 52.9 Å². The molecule has 0 atom stereocenters. The molecule has 0 radical (unpaired) electrons. The van der Waals surface area contributed by atoms with Crippen LogP contribution in [0.3, 0.4) is 0 Å². The molecule has 1 saturated heterocycles. The van der Waals surface area contributed by atoms with Crippen LogP contribution >= 0.6 is 11.6 Å². The Morgan fingerprint density at radius 2 is 1.85 bits per heavy atom. The fraction of sp³-hybridized carbons (Fsp3) is 0.333. The number of hydrogen-bond acceptors (Lipinski definition) is 5. The Labute approximate surface area is 157 Å². The average Bonchev–Trinajstić information content (AvgIpc) is 2.64. The summed E-state index contributed by atoms with van der Waals surface area (Å²) >= 11 is 5.94. The van der Waals surface area contributed by atoms with Gasteiger partial charge in [0.2, 0.25) is 5.91 Å². The third-order valence-electron chi connectivity index (χ3n) is 4.37. The second-order valence-corrected chi connectivity index (χ2v) is 6.60. The summed E-state index contributed by atoms with van der Waals surface area (Å²) in [5.74, 6) is 0.452. The second kappa shape index (κ2) is 7.70.